The fourth-order valence-electron chi connectivity index (χ4n) is 2.95. The van der Waals surface area contributed by atoms with Crippen LogP contribution in [0.2, 0.25) is 0 Å². The summed E-state index contributed by atoms with van der Waals surface area (Å²) in [6.07, 6.45) is 0.927. The molecule has 0 spiro atoms. The summed E-state index contributed by atoms with van der Waals surface area (Å²) in [6, 6.07) is 13.1. The minimum Gasteiger partial charge on any atom is -0.496 e. The lowest BCUT2D eigenvalue weighted by atomic mass is 10.1. The van der Waals surface area contributed by atoms with Gasteiger partial charge in [0.2, 0.25) is 11.7 Å². The molecule has 1 amide bonds. The predicted molar refractivity (Wildman–Crippen MR) is 110 cm³/mol. The average molecular weight is 411 g/mol. The third-order valence-electron chi connectivity index (χ3n) is 4.53. The van der Waals surface area contributed by atoms with Crippen LogP contribution in [0.3, 0.4) is 0 Å². The molecule has 0 atom stereocenters. The summed E-state index contributed by atoms with van der Waals surface area (Å²) in [7, 11) is 4.70. The molecule has 0 saturated heterocycles. The van der Waals surface area contributed by atoms with Crippen molar-refractivity contribution in [3.8, 4) is 28.6 Å². The zero-order valence-electron chi connectivity index (χ0n) is 17.3. The van der Waals surface area contributed by atoms with E-state index in [2.05, 4.69) is 20.7 Å². The van der Waals surface area contributed by atoms with E-state index >= 15 is 0 Å². The predicted octanol–water partition coefficient (Wildman–Crippen LogP) is 2.46. The quantitative estimate of drug-likeness (QED) is 0.547. The molecule has 0 radical (unpaired) electrons. The summed E-state index contributed by atoms with van der Waals surface area (Å²) in [5.41, 5.74) is 1.66. The maximum Gasteiger partial charge on any atom is 0.220 e. The molecule has 9 heteroatoms. The number of nitrogens with zero attached hydrogens (tertiary/aromatic N) is 4. The number of aryl methyl sites for hydroxylation is 1. The van der Waals surface area contributed by atoms with Crippen LogP contribution in [-0.4, -0.2) is 47.4 Å². The van der Waals surface area contributed by atoms with Gasteiger partial charge in [0.05, 0.1) is 40.0 Å². The van der Waals surface area contributed by atoms with Gasteiger partial charge in [-0.15, -0.1) is 10.2 Å². The summed E-state index contributed by atoms with van der Waals surface area (Å²) in [6.45, 7) is 0.789. The number of hydrogen-bond acceptors (Lipinski definition) is 7. The van der Waals surface area contributed by atoms with Crippen LogP contribution in [0.4, 0.5) is 0 Å². The molecule has 0 aliphatic rings. The second-order valence-electron chi connectivity index (χ2n) is 6.47. The number of benzene rings is 2. The van der Waals surface area contributed by atoms with Crippen molar-refractivity contribution in [3.63, 3.8) is 0 Å². The lowest BCUT2D eigenvalue weighted by molar-refractivity contribution is -0.121. The van der Waals surface area contributed by atoms with Crippen LogP contribution >= 0.6 is 0 Å². The maximum absolute atomic E-state index is 12.3. The third-order valence-corrected chi connectivity index (χ3v) is 4.53. The number of tetrazole rings is 1. The van der Waals surface area contributed by atoms with Crippen molar-refractivity contribution in [2.75, 3.05) is 21.3 Å². The molecule has 158 valence electrons. The van der Waals surface area contributed by atoms with Crippen LogP contribution in [-0.2, 0) is 17.9 Å². The van der Waals surface area contributed by atoms with E-state index in [9.17, 15) is 4.79 Å². The highest BCUT2D eigenvalue weighted by atomic mass is 16.5. The first kappa shape index (κ1) is 21.1. The molecule has 2 aromatic carbocycles. The summed E-state index contributed by atoms with van der Waals surface area (Å²) in [5, 5.41) is 15.3. The third kappa shape index (κ3) is 5.25. The van der Waals surface area contributed by atoms with Gasteiger partial charge in [0, 0.05) is 24.1 Å². The Hall–Kier alpha value is -3.62. The molecule has 3 rings (SSSR count). The van der Waals surface area contributed by atoms with Gasteiger partial charge in [-0.1, -0.05) is 30.3 Å². The van der Waals surface area contributed by atoms with E-state index in [0.29, 0.717) is 42.5 Å². The molecule has 0 aliphatic carbocycles. The van der Waals surface area contributed by atoms with Crippen molar-refractivity contribution >= 4 is 5.91 Å². The zero-order chi connectivity index (χ0) is 21.3. The number of carbonyl (C=O) groups excluding carboxylic acids is 1. The number of ether oxygens (including phenoxy) is 3. The molecule has 9 nitrogen and oxygen atoms in total. The van der Waals surface area contributed by atoms with Crippen LogP contribution < -0.4 is 19.5 Å². The van der Waals surface area contributed by atoms with Crippen molar-refractivity contribution in [3.05, 3.63) is 48.0 Å². The van der Waals surface area contributed by atoms with Gasteiger partial charge < -0.3 is 19.5 Å². The molecule has 0 aliphatic heterocycles. The van der Waals surface area contributed by atoms with Gasteiger partial charge in [-0.25, -0.2) is 0 Å². The molecule has 1 aromatic heterocycles. The van der Waals surface area contributed by atoms with Crippen LogP contribution in [0.25, 0.3) is 11.4 Å². The molecule has 0 fully saturated rings. The minimum absolute atomic E-state index is 0.0849. The number of aromatic nitrogens is 4. The monoisotopic (exact) mass is 411 g/mol. The van der Waals surface area contributed by atoms with E-state index < -0.39 is 0 Å². The van der Waals surface area contributed by atoms with Gasteiger partial charge in [-0.2, -0.15) is 4.80 Å². The topological polar surface area (TPSA) is 100 Å². The van der Waals surface area contributed by atoms with E-state index in [0.717, 1.165) is 11.1 Å². The Morgan fingerprint density at radius 2 is 1.73 bits per heavy atom. The van der Waals surface area contributed by atoms with Crippen molar-refractivity contribution in [1.29, 1.82) is 0 Å². The lowest BCUT2D eigenvalue weighted by Gasteiger charge is -2.15. The standard InChI is InChI=1S/C21H25N5O4/c1-28-16-12-18(29-2)17(19(13-16)30-3)14-22-20(27)10-7-11-26-24-21(23-25-26)15-8-5-4-6-9-15/h4-6,8-9,12-13H,7,10-11,14H2,1-3H3,(H,22,27). The van der Waals surface area contributed by atoms with Gasteiger partial charge in [0.1, 0.15) is 17.2 Å². The Morgan fingerprint density at radius 1 is 1.03 bits per heavy atom. The average Bonchev–Trinajstić information content (AvgIpc) is 3.26. The lowest BCUT2D eigenvalue weighted by Crippen LogP contribution is -2.23. The van der Waals surface area contributed by atoms with Crippen molar-refractivity contribution in [2.24, 2.45) is 0 Å². The van der Waals surface area contributed by atoms with Crippen LogP contribution in [0.15, 0.2) is 42.5 Å². The number of methoxy groups -OCH3 is 3. The molecule has 30 heavy (non-hydrogen) atoms. The Labute approximate surface area is 175 Å². The van der Waals surface area contributed by atoms with E-state index in [1.165, 1.54) is 4.80 Å². The van der Waals surface area contributed by atoms with Crippen molar-refractivity contribution in [1.82, 2.24) is 25.5 Å². The largest absolute Gasteiger partial charge is 0.496 e. The van der Waals surface area contributed by atoms with Crippen molar-refractivity contribution < 1.29 is 19.0 Å². The van der Waals surface area contributed by atoms with Crippen LogP contribution in [0, 0.1) is 0 Å². The first-order valence-corrected chi connectivity index (χ1v) is 9.53. The molecule has 0 bridgehead atoms. The second kappa shape index (κ2) is 10.2. The Balaban J connectivity index is 1.51. The second-order valence-corrected chi connectivity index (χ2v) is 6.47. The first-order valence-electron chi connectivity index (χ1n) is 9.53. The molecular weight excluding hydrogens is 386 g/mol. The van der Waals surface area contributed by atoms with Gasteiger partial charge in [-0.3, -0.25) is 4.79 Å². The van der Waals surface area contributed by atoms with E-state index in [4.69, 9.17) is 14.2 Å². The molecule has 0 unspecified atom stereocenters. The number of hydrogen-bond donors (Lipinski definition) is 1. The minimum atomic E-state index is -0.0849. The zero-order valence-corrected chi connectivity index (χ0v) is 17.3. The highest BCUT2D eigenvalue weighted by molar-refractivity contribution is 5.76. The first-order chi connectivity index (χ1) is 14.6. The molecular formula is C21H25N5O4. The molecule has 1 heterocycles. The number of amides is 1. The Morgan fingerprint density at radius 3 is 2.37 bits per heavy atom. The number of carbonyl (C=O) groups is 1. The normalized spacial score (nSPS) is 10.5. The highest BCUT2D eigenvalue weighted by Crippen LogP contribution is 2.33. The van der Waals surface area contributed by atoms with E-state index in [1.54, 1.807) is 33.5 Å². The fourth-order valence-corrected chi connectivity index (χ4v) is 2.95. The highest BCUT2D eigenvalue weighted by Gasteiger charge is 2.14. The Kier molecular flexibility index (Phi) is 7.20. The van der Waals surface area contributed by atoms with Gasteiger partial charge in [-0.05, 0) is 11.6 Å². The Bertz CT molecular complexity index is 950. The van der Waals surface area contributed by atoms with Gasteiger partial charge >= 0.3 is 0 Å². The smallest absolute Gasteiger partial charge is 0.220 e. The summed E-state index contributed by atoms with van der Waals surface area (Å²) in [4.78, 5) is 13.8. The molecule has 0 saturated carbocycles. The van der Waals surface area contributed by atoms with Gasteiger partial charge in [0.25, 0.3) is 0 Å². The van der Waals surface area contributed by atoms with Crippen LogP contribution in [0.5, 0.6) is 17.2 Å². The van der Waals surface area contributed by atoms with E-state index in [-0.39, 0.29) is 12.5 Å². The SMILES string of the molecule is COc1cc(OC)c(CNC(=O)CCCn2nnc(-c3ccccc3)n2)c(OC)c1. The van der Waals surface area contributed by atoms with E-state index in [1.807, 2.05) is 30.3 Å². The van der Waals surface area contributed by atoms with Crippen LogP contribution in [0.1, 0.15) is 18.4 Å². The number of nitrogens with one attached hydrogen (secondary N) is 1. The summed E-state index contributed by atoms with van der Waals surface area (Å²) < 4.78 is 16.0. The molecule has 1 N–H and O–H groups in total. The summed E-state index contributed by atoms with van der Waals surface area (Å²) in [5.74, 6) is 2.28. The van der Waals surface area contributed by atoms with Crippen molar-refractivity contribution in [2.45, 2.75) is 25.9 Å². The summed E-state index contributed by atoms with van der Waals surface area (Å²) >= 11 is 0. The maximum atomic E-state index is 12.3. The van der Waals surface area contributed by atoms with Gasteiger partial charge in [0.15, 0.2) is 0 Å². The number of rotatable bonds is 10. The fraction of sp³-hybridized carbons (Fsp3) is 0.333. The molecule has 3 aromatic rings.